The number of ether oxygens (including phenoxy) is 1. The number of aryl methyl sites for hydroxylation is 1. The normalized spacial score (nSPS) is 17.8. The fourth-order valence-corrected chi connectivity index (χ4v) is 2.27. The average Bonchev–Trinajstić information content (AvgIpc) is 2.71. The molecule has 1 aromatic carbocycles. The molecule has 4 nitrogen and oxygen atoms in total. The number of hydrogen-bond donors (Lipinski definition) is 2. The lowest BCUT2D eigenvalue weighted by Gasteiger charge is -2.13. The molecule has 0 amide bonds. The number of phenolic OH excluding ortho intramolecular Hbond substituents is 1. The Labute approximate surface area is 101 Å². The molecule has 0 aromatic heterocycles. The highest BCUT2D eigenvalue weighted by Gasteiger charge is 2.22. The van der Waals surface area contributed by atoms with Crippen molar-refractivity contribution in [1.82, 2.24) is 5.32 Å². The van der Waals surface area contributed by atoms with Crippen LogP contribution in [0.1, 0.15) is 30.0 Å². The van der Waals surface area contributed by atoms with Crippen LogP contribution in [-0.2, 0) is 16.0 Å². The van der Waals surface area contributed by atoms with Gasteiger partial charge in [0.1, 0.15) is 5.75 Å². The molecule has 92 valence electrons. The van der Waals surface area contributed by atoms with Crippen molar-refractivity contribution in [3.8, 4) is 5.75 Å². The van der Waals surface area contributed by atoms with Gasteiger partial charge in [-0.1, -0.05) is 6.07 Å². The van der Waals surface area contributed by atoms with Crippen LogP contribution < -0.4 is 5.32 Å². The van der Waals surface area contributed by atoms with Crippen LogP contribution in [0.3, 0.4) is 0 Å². The monoisotopic (exact) mass is 235 g/mol. The lowest BCUT2D eigenvalue weighted by Crippen LogP contribution is -2.22. The van der Waals surface area contributed by atoms with Crippen LogP contribution in [0, 0.1) is 0 Å². The smallest absolute Gasteiger partial charge is 0.306 e. The molecule has 0 radical (unpaired) electrons. The maximum atomic E-state index is 11.0. The quantitative estimate of drug-likeness (QED) is 0.777. The highest BCUT2D eigenvalue weighted by molar-refractivity contribution is 5.69. The van der Waals surface area contributed by atoms with E-state index in [0.717, 1.165) is 12.8 Å². The van der Waals surface area contributed by atoms with Crippen molar-refractivity contribution < 1.29 is 14.6 Å². The van der Waals surface area contributed by atoms with Crippen LogP contribution in [0.2, 0.25) is 0 Å². The van der Waals surface area contributed by atoms with Crippen molar-refractivity contribution in [3.05, 3.63) is 29.3 Å². The fourth-order valence-electron chi connectivity index (χ4n) is 2.27. The topological polar surface area (TPSA) is 58.6 Å². The van der Waals surface area contributed by atoms with E-state index >= 15 is 0 Å². The number of rotatable bonds is 4. The second-order valence-electron chi connectivity index (χ2n) is 4.25. The number of esters is 1. The molecule has 0 heterocycles. The van der Waals surface area contributed by atoms with E-state index in [9.17, 15) is 9.90 Å². The summed E-state index contributed by atoms with van der Waals surface area (Å²) in [7, 11) is 1.40. The summed E-state index contributed by atoms with van der Waals surface area (Å²) in [6.45, 7) is 0.623. The van der Waals surface area contributed by atoms with Gasteiger partial charge in [-0.05, 0) is 36.1 Å². The van der Waals surface area contributed by atoms with Crippen LogP contribution in [0.5, 0.6) is 5.75 Å². The van der Waals surface area contributed by atoms with Crippen LogP contribution in [0.15, 0.2) is 18.2 Å². The predicted octanol–water partition coefficient (Wildman–Crippen LogP) is 1.53. The number of fused-ring (bicyclic) bond motifs is 1. The summed E-state index contributed by atoms with van der Waals surface area (Å²) in [5.41, 5.74) is 2.42. The SMILES string of the molecule is COC(=O)CCNC1CCc2cc(O)ccc21. The molecule has 2 N–H and O–H groups in total. The first-order valence-corrected chi connectivity index (χ1v) is 5.82. The number of phenols is 1. The second-order valence-corrected chi connectivity index (χ2v) is 4.25. The number of aromatic hydroxyl groups is 1. The minimum atomic E-state index is -0.193. The summed E-state index contributed by atoms with van der Waals surface area (Å²) < 4.78 is 4.59. The molecule has 1 aromatic rings. The number of methoxy groups -OCH3 is 1. The van der Waals surface area contributed by atoms with E-state index in [1.165, 1.54) is 18.2 Å². The molecule has 0 fully saturated rings. The molecular formula is C13H17NO3. The van der Waals surface area contributed by atoms with E-state index in [1.807, 2.05) is 12.1 Å². The van der Waals surface area contributed by atoms with E-state index in [1.54, 1.807) is 6.07 Å². The number of hydrogen-bond acceptors (Lipinski definition) is 4. The first-order chi connectivity index (χ1) is 8.20. The van der Waals surface area contributed by atoms with Gasteiger partial charge in [-0.3, -0.25) is 4.79 Å². The number of carbonyl (C=O) groups excluding carboxylic acids is 1. The zero-order chi connectivity index (χ0) is 12.3. The molecule has 0 saturated carbocycles. The van der Waals surface area contributed by atoms with Crippen LogP contribution in [-0.4, -0.2) is 24.7 Å². The molecule has 4 heteroatoms. The summed E-state index contributed by atoms with van der Waals surface area (Å²) in [4.78, 5) is 11.0. The van der Waals surface area contributed by atoms with Crippen LogP contribution >= 0.6 is 0 Å². The Balaban J connectivity index is 1.91. The van der Waals surface area contributed by atoms with Crippen LogP contribution in [0.25, 0.3) is 0 Å². The van der Waals surface area contributed by atoms with Gasteiger partial charge in [0, 0.05) is 12.6 Å². The summed E-state index contributed by atoms with van der Waals surface area (Å²) in [5.74, 6) is 0.125. The molecule has 0 spiro atoms. The maximum Gasteiger partial charge on any atom is 0.306 e. The highest BCUT2D eigenvalue weighted by Crippen LogP contribution is 2.32. The Morgan fingerprint density at radius 2 is 2.41 bits per heavy atom. The van der Waals surface area contributed by atoms with Crippen molar-refractivity contribution in [2.45, 2.75) is 25.3 Å². The van der Waals surface area contributed by atoms with E-state index < -0.39 is 0 Å². The van der Waals surface area contributed by atoms with Gasteiger partial charge < -0.3 is 15.2 Å². The molecular weight excluding hydrogens is 218 g/mol. The Morgan fingerprint density at radius 3 is 3.18 bits per heavy atom. The lowest BCUT2D eigenvalue weighted by molar-refractivity contribution is -0.140. The zero-order valence-corrected chi connectivity index (χ0v) is 9.90. The van der Waals surface area contributed by atoms with Crippen molar-refractivity contribution in [1.29, 1.82) is 0 Å². The minimum absolute atomic E-state index is 0.193. The van der Waals surface area contributed by atoms with Crippen molar-refractivity contribution >= 4 is 5.97 Å². The van der Waals surface area contributed by atoms with Gasteiger partial charge in [0.05, 0.1) is 13.5 Å². The first kappa shape index (κ1) is 11.9. The number of benzene rings is 1. The van der Waals surface area contributed by atoms with Gasteiger partial charge in [-0.25, -0.2) is 0 Å². The lowest BCUT2D eigenvalue weighted by atomic mass is 10.1. The minimum Gasteiger partial charge on any atom is -0.508 e. The summed E-state index contributed by atoms with van der Waals surface area (Å²) in [5, 5.41) is 12.7. The van der Waals surface area contributed by atoms with Crippen molar-refractivity contribution in [3.63, 3.8) is 0 Å². The molecule has 17 heavy (non-hydrogen) atoms. The molecule has 2 rings (SSSR count). The predicted molar refractivity (Wildman–Crippen MR) is 63.8 cm³/mol. The maximum absolute atomic E-state index is 11.0. The van der Waals surface area contributed by atoms with Gasteiger partial charge >= 0.3 is 5.97 Å². The summed E-state index contributed by atoms with van der Waals surface area (Å²) >= 11 is 0. The third kappa shape index (κ3) is 2.77. The van der Waals surface area contributed by atoms with E-state index in [0.29, 0.717) is 18.7 Å². The molecule has 1 aliphatic rings. The standard InChI is InChI=1S/C13H17NO3/c1-17-13(16)6-7-14-12-5-2-9-8-10(15)3-4-11(9)12/h3-4,8,12,14-15H,2,5-7H2,1H3. The zero-order valence-electron chi connectivity index (χ0n) is 9.90. The molecule has 1 atom stereocenters. The third-order valence-electron chi connectivity index (χ3n) is 3.15. The molecule has 1 unspecified atom stereocenters. The molecule has 0 aliphatic heterocycles. The molecule has 0 bridgehead atoms. The second kappa shape index (κ2) is 5.19. The van der Waals surface area contributed by atoms with E-state index in [2.05, 4.69) is 10.1 Å². The summed E-state index contributed by atoms with van der Waals surface area (Å²) in [6.07, 6.45) is 2.38. The highest BCUT2D eigenvalue weighted by atomic mass is 16.5. The van der Waals surface area contributed by atoms with E-state index in [-0.39, 0.29) is 12.0 Å². The molecule has 1 aliphatic carbocycles. The van der Waals surface area contributed by atoms with Gasteiger partial charge in [0.15, 0.2) is 0 Å². The Bertz CT molecular complexity index is 417. The van der Waals surface area contributed by atoms with Gasteiger partial charge in [-0.2, -0.15) is 0 Å². The Kier molecular flexibility index (Phi) is 3.64. The van der Waals surface area contributed by atoms with E-state index in [4.69, 9.17) is 0 Å². The van der Waals surface area contributed by atoms with Crippen LogP contribution in [0.4, 0.5) is 0 Å². The fraction of sp³-hybridized carbons (Fsp3) is 0.462. The number of carbonyl (C=O) groups is 1. The van der Waals surface area contributed by atoms with Gasteiger partial charge in [-0.15, -0.1) is 0 Å². The first-order valence-electron chi connectivity index (χ1n) is 5.82. The average molecular weight is 235 g/mol. The Hall–Kier alpha value is -1.55. The van der Waals surface area contributed by atoms with Crippen molar-refractivity contribution in [2.75, 3.05) is 13.7 Å². The molecule has 0 saturated heterocycles. The third-order valence-corrected chi connectivity index (χ3v) is 3.15. The summed E-state index contributed by atoms with van der Waals surface area (Å²) in [6, 6.07) is 5.76. The van der Waals surface area contributed by atoms with Gasteiger partial charge in [0.25, 0.3) is 0 Å². The number of nitrogens with one attached hydrogen (secondary N) is 1. The largest absolute Gasteiger partial charge is 0.508 e. The van der Waals surface area contributed by atoms with Gasteiger partial charge in [0.2, 0.25) is 0 Å². The van der Waals surface area contributed by atoms with Crippen molar-refractivity contribution in [2.24, 2.45) is 0 Å². The Morgan fingerprint density at radius 1 is 1.59 bits per heavy atom.